The number of carbonyl (C=O) groups is 1. The smallest absolute Gasteiger partial charge is 0.387 e. The highest BCUT2D eigenvalue weighted by molar-refractivity contribution is 6.68. The van der Waals surface area contributed by atoms with Crippen molar-refractivity contribution in [1.82, 2.24) is 0 Å². The van der Waals surface area contributed by atoms with E-state index in [9.17, 15) is 14.9 Å². The highest BCUT2D eigenvalue weighted by Gasteiger charge is 2.31. The zero-order valence-electron chi connectivity index (χ0n) is 11.8. The SMILES string of the molecule is CO/N=C(/C(=[N+]=[N-])C(=O)C(C)C)c1ccc([N+](=O)[O-])cc1. The van der Waals surface area contributed by atoms with E-state index in [1.165, 1.54) is 31.4 Å². The summed E-state index contributed by atoms with van der Waals surface area (Å²) in [5.74, 6) is -0.831. The fourth-order valence-electron chi connectivity index (χ4n) is 1.55. The van der Waals surface area contributed by atoms with Crippen LogP contribution in [0, 0.1) is 16.0 Å². The van der Waals surface area contributed by atoms with Crippen molar-refractivity contribution in [2.45, 2.75) is 13.8 Å². The molecule has 0 N–H and O–H groups in total. The summed E-state index contributed by atoms with van der Waals surface area (Å²) < 4.78 is 0. The fourth-order valence-corrected chi connectivity index (χ4v) is 1.55. The molecule has 0 aliphatic carbocycles. The quantitative estimate of drug-likeness (QED) is 0.261. The molecule has 0 aliphatic rings. The lowest BCUT2D eigenvalue weighted by molar-refractivity contribution is -0.384. The van der Waals surface area contributed by atoms with Crippen molar-refractivity contribution >= 4 is 22.9 Å². The van der Waals surface area contributed by atoms with Crippen molar-refractivity contribution in [2.24, 2.45) is 11.1 Å². The Morgan fingerprint density at radius 3 is 2.33 bits per heavy atom. The number of hydrogen-bond acceptors (Lipinski definition) is 5. The van der Waals surface area contributed by atoms with Gasteiger partial charge in [-0.05, 0) is 12.1 Å². The molecule has 8 nitrogen and oxygen atoms in total. The lowest BCUT2D eigenvalue weighted by Crippen LogP contribution is -2.30. The molecule has 1 aromatic rings. The van der Waals surface area contributed by atoms with Crippen LogP contribution in [0.2, 0.25) is 0 Å². The molecular weight excluding hydrogens is 276 g/mol. The summed E-state index contributed by atoms with van der Waals surface area (Å²) in [5, 5.41) is 14.3. The zero-order chi connectivity index (χ0) is 16.0. The predicted molar refractivity (Wildman–Crippen MR) is 75.1 cm³/mol. The summed E-state index contributed by atoms with van der Waals surface area (Å²) in [4.78, 5) is 29.7. The Balaban J connectivity index is 3.30. The van der Waals surface area contributed by atoms with Gasteiger partial charge in [0.1, 0.15) is 7.11 Å². The fraction of sp³-hybridized carbons (Fsp3) is 0.308. The first-order valence-electron chi connectivity index (χ1n) is 6.05. The molecule has 110 valence electrons. The molecular formula is C13H14N4O4. The van der Waals surface area contributed by atoms with E-state index in [1.807, 2.05) is 0 Å². The predicted octanol–water partition coefficient (Wildman–Crippen LogP) is 1.84. The second-order valence-corrected chi connectivity index (χ2v) is 4.39. The van der Waals surface area contributed by atoms with Gasteiger partial charge in [0.25, 0.3) is 5.69 Å². The molecule has 8 heteroatoms. The van der Waals surface area contributed by atoms with Gasteiger partial charge in [0.2, 0.25) is 11.5 Å². The lowest BCUT2D eigenvalue weighted by atomic mass is 9.97. The number of nitrogens with zero attached hydrogens (tertiary/aromatic N) is 4. The molecule has 0 unspecified atom stereocenters. The van der Waals surface area contributed by atoms with Crippen LogP contribution in [0.1, 0.15) is 19.4 Å². The molecule has 1 aromatic carbocycles. The van der Waals surface area contributed by atoms with Crippen LogP contribution in [0.3, 0.4) is 0 Å². The molecule has 0 saturated carbocycles. The van der Waals surface area contributed by atoms with Crippen molar-refractivity contribution in [2.75, 3.05) is 7.11 Å². The van der Waals surface area contributed by atoms with E-state index in [1.54, 1.807) is 13.8 Å². The standard InChI is InChI=1S/C13H14N4O4/c1-8(2)13(18)12(15-14)11(16-21-3)9-4-6-10(7-5-9)17(19)20/h4-8H,1-3H3/b16-11+. The molecule has 1 rings (SSSR count). The number of carbonyl (C=O) groups excluding carboxylic acids is 1. The first kappa shape index (κ1) is 16.2. The molecule has 0 amide bonds. The maximum Gasteiger partial charge on any atom is 0.387 e. The molecule has 0 bridgehead atoms. The first-order chi connectivity index (χ1) is 9.92. The maximum absolute atomic E-state index is 12.0. The van der Waals surface area contributed by atoms with Crippen molar-refractivity contribution < 1.29 is 19.3 Å². The molecule has 0 heterocycles. The van der Waals surface area contributed by atoms with Crippen LogP contribution < -0.4 is 0 Å². The number of rotatable bonds is 6. The van der Waals surface area contributed by atoms with Gasteiger partial charge in [0.15, 0.2) is 0 Å². The summed E-state index contributed by atoms with van der Waals surface area (Å²) in [6.07, 6.45) is 0. The highest BCUT2D eigenvalue weighted by atomic mass is 16.6. The molecule has 0 aliphatic heterocycles. The summed E-state index contributed by atoms with van der Waals surface area (Å²) in [6.45, 7) is 3.29. The van der Waals surface area contributed by atoms with Crippen molar-refractivity contribution in [3.05, 3.63) is 45.5 Å². The van der Waals surface area contributed by atoms with Crippen molar-refractivity contribution in [1.29, 1.82) is 0 Å². The molecule has 0 spiro atoms. The number of hydrogen-bond donors (Lipinski definition) is 0. The first-order valence-corrected chi connectivity index (χ1v) is 6.05. The molecule has 0 aromatic heterocycles. The Kier molecular flexibility index (Phi) is 5.45. The maximum atomic E-state index is 12.0. The van der Waals surface area contributed by atoms with Gasteiger partial charge in [-0.1, -0.05) is 19.0 Å². The summed E-state index contributed by atoms with van der Waals surface area (Å²) in [7, 11) is 1.28. The second-order valence-electron chi connectivity index (χ2n) is 4.39. The van der Waals surface area contributed by atoms with Crippen LogP contribution >= 0.6 is 0 Å². The lowest BCUT2D eigenvalue weighted by Gasteiger charge is -2.03. The van der Waals surface area contributed by atoms with Crippen molar-refractivity contribution in [3.8, 4) is 0 Å². The van der Waals surface area contributed by atoms with Crippen LogP contribution in [0.15, 0.2) is 29.4 Å². The van der Waals surface area contributed by atoms with Gasteiger partial charge in [-0.15, -0.1) is 0 Å². The van der Waals surface area contributed by atoms with Gasteiger partial charge >= 0.3 is 5.71 Å². The summed E-state index contributed by atoms with van der Waals surface area (Å²) in [5.41, 5.74) is 9.08. The number of ketones is 1. The van der Waals surface area contributed by atoms with Crippen LogP contribution in [-0.4, -0.2) is 34.0 Å². The van der Waals surface area contributed by atoms with Gasteiger partial charge in [-0.25, -0.2) is 0 Å². The molecule has 0 saturated heterocycles. The largest absolute Gasteiger partial charge is 0.398 e. The third-order valence-electron chi connectivity index (χ3n) is 2.62. The van der Waals surface area contributed by atoms with Crippen molar-refractivity contribution in [3.63, 3.8) is 0 Å². The van der Waals surface area contributed by atoms with E-state index in [-0.39, 0.29) is 17.1 Å². The minimum absolute atomic E-state index is 0.00796. The summed E-state index contributed by atoms with van der Waals surface area (Å²) in [6, 6.07) is 5.31. The minimum Gasteiger partial charge on any atom is -0.398 e. The molecule has 0 atom stereocenters. The van der Waals surface area contributed by atoms with Gasteiger partial charge in [-0.2, -0.15) is 4.79 Å². The van der Waals surface area contributed by atoms with E-state index in [4.69, 9.17) is 5.53 Å². The van der Waals surface area contributed by atoms with E-state index < -0.39 is 16.6 Å². The topological polar surface area (TPSA) is 118 Å². The Labute approximate surface area is 120 Å². The summed E-state index contributed by atoms with van der Waals surface area (Å²) >= 11 is 0. The van der Waals surface area contributed by atoms with Gasteiger partial charge in [0.05, 0.1) is 4.92 Å². The van der Waals surface area contributed by atoms with Gasteiger partial charge in [0, 0.05) is 23.6 Å². The highest BCUT2D eigenvalue weighted by Crippen LogP contribution is 2.14. The Morgan fingerprint density at radius 2 is 1.95 bits per heavy atom. The Morgan fingerprint density at radius 1 is 1.38 bits per heavy atom. The number of Topliss-reactive ketones (excluding diaryl/α,β-unsaturated/α-hetero) is 1. The zero-order valence-corrected chi connectivity index (χ0v) is 11.8. The van der Waals surface area contributed by atoms with Crippen LogP contribution in [0.5, 0.6) is 0 Å². The molecule has 0 radical (unpaired) electrons. The number of benzene rings is 1. The number of nitro benzene ring substituents is 1. The molecule has 0 fully saturated rings. The number of oxime groups is 1. The number of nitro groups is 1. The van der Waals surface area contributed by atoms with E-state index >= 15 is 0 Å². The second kappa shape index (κ2) is 7.06. The average Bonchev–Trinajstić information content (AvgIpc) is 2.46. The third kappa shape index (κ3) is 3.80. The minimum atomic E-state index is -0.544. The van der Waals surface area contributed by atoms with Gasteiger partial charge < -0.3 is 10.4 Å². The monoisotopic (exact) mass is 290 g/mol. The van der Waals surface area contributed by atoms with E-state index in [2.05, 4.69) is 14.8 Å². The van der Waals surface area contributed by atoms with Crippen LogP contribution in [0.25, 0.3) is 5.53 Å². The third-order valence-corrected chi connectivity index (χ3v) is 2.62. The van der Waals surface area contributed by atoms with Crippen LogP contribution in [-0.2, 0) is 9.63 Å². The Bertz CT molecular complexity index is 628. The average molecular weight is 290 g/mol. The normalized spacial score (nSPS) is 11.0. The number of non-ortho nitro benzene ring substituents is 1. The van der Waals surface area contributed by atoms with E-state index in [0.29, 0.717) is 5.56 Å². The van der Waals surface area contributed by atoms with E-state index in [0.717, 1.165) is 0 Å². The van der Waals surface area contributed by atoms with Crippen LogP contribution in [0.4, 0.5) is 5.69 Å². The Hall–Kier alpha value is -2.86. The van der Waals surface area contributed by atoms with Gasteiger partial charge in [-0.3, -0.25) is 14.9 Å². The molecule has 21 heavy (non-hydrogen) atoms.